The molecular weight excluding hydrogens is 158 g/mol. The van der Waals surface area contributed by atoms with E-state index in [1.54, 1.807) is 0 Å². The minimum atomic E-state index is 0.676. The Morgan fingerprint density at radius 3 is 2.69 bits per heavy atom. The van der Waals surface area contributed by atoms with E-state index in [0.29, 0.717) is 6.04 Å². The third kappa shape index (κ3) is 2.57. The maximum atomic E-state index is 3.84. The third-order valence-corrected chi connectivity index (χ3v) is 3.43. The zero-order valence-electron chi connectivity index (χ0n) is 9.29. The number of allylic oxidation sites excluding steroid dienone is 1. The van der Waals surface area contributed by atoms with Crippen LogP contribution < -0.4 is 0 Å². The van der Waals surface area contributed by atoms with Gasteiger partial charge in [0.2, 0.25) is 0 Å². The first-order valence-electron chi connectivity index (χ1n) is 5.49. The zero-order chi connectivity index (χ0) is 9.84. The normalized spacial score (nSPS) is 28.7. The average molecular weight is 181 g/mol. The summed E-state index contributed by atoms with van der Waals surface area (Å²) in [4.78, 5) is 2.53. The molecule has 1 fully saturated rings. The number of rotatable bonds is 4. The Morgan fingerprint density at radius 2 is 2.15 bits per heavy atom. The number of hydrogen-bond donors (Lipinski definition) is 0. The predicted octanol–water partition coefficient (Wildman–Crippen LogP) is 3.07. The lowest BCUT2D eigenvalue weighted by atomic mass is 9.98. The summed E-state index contributed by atoms with van der Waals surface area (Å²) < 4.78 is 0. The van der Waals surface area contributed by atoms with Crippen molar-refractivity contribution in [2.45, 2.75) is 51.6 Å². The van der Waals surface area contributed by atoms with Gasteiger partial charge in [0.05, 0.1) is 0 Å². The van der Waals surface area contributed by atoms with Gasteiger partial charge in [-0.25, -0.2) is 0 Å². The fraction of sp³-hybridized carbons (Fsp3) is 0.833. The lowest BCUT2D eigenvalue weighted by molar-refractivity contribution is 0.159. The van der Waals surface area contributed by atoms with E-state index in [4.69, 9.17) is 0 Å². The summed E-state index contributed by atoms with van der Waals surface area (Å²) in [5, 5.41) is 0. The van der Waals surface area contributed by atoms with Crippen LogP contribution in [-0.4, -0.2) is 24.0 Å². The van der Waals surface area contributed by atoms with Crippen molar-refractivity contribution in [1.82, 2.24) is 4.90 Å². The van der Waals surface area contributed by atoms with Gasteiger partial charge < -0.3 is 4.90 Å². The van der Waals surface area contributed by atoms with Crippen LogP contribution >= 0.6 is 0 Å². The molecule has 1 rings (SSSR count). The summed E-state index contributed by atoms with van der Waals surface area (Å²) in [7, 11) is 2.26. The smallest absolute Gasteiger partial charge is 0.0126 e. The van der Waals surface area contributed by atoms with Crippen LogP contribution in [0.5, 0.6) is 0 Å². The molecule has 1 heteroatoms. The first-order chi connectivity index (χ1) is 6.16. The molecule has 1 nitrogen and oxygen atoms in total. The van der Waals surface area contributed by atoms with E-state index in [-0.39, 0.29) is 0 Å². The minimum Gasteiger partial charge on any atom is -0.301 e. The Balaban J connectivity index is 2.51. The lowest BCUT2D eigenvalue weighted by Crippen LogP contribution is -2.39. The molecule has 76 valence electrons. The summed E-state index contributed by atoms with van der Waals surface area (Å²) in [6.45, 7) is 8.41. The maximum absolute atomic E-state index is 3.84. The van der Waals surface area contributed by atoms with Gasteiger partial charge in [-0.2, -0.15) is 0 Å². The van der Waals surface area contributed by atoms with E-state index in [9.17, 15) is 0 Å². The Hall–Kier alpha value is -0.300. The van der Waals surface area contributed by atoms with E-state index in [1.807, 2.05) is 0 Å². The highest BCUT2D eigenvalue weighted by Crippen LogP contribution is 2.32. The van der Waals surface area contributed by atoms with Crippen molar-refractivity contribution in [3.05, 3.63) is 12.7 Å². The minimum absolute atomic E-state index is 0.676. The van der Waals surface area contributed by atoms with E-state index < -0.39 is 0 Å². The van der Waals surface area contributed by atoms with Crippen LogP contribution in [0.15, 0.2) is 12.7 Å². The Bertz CT molecular complexity index is 163. The fourth-order valence-electron chi connectivity index (χ4n) is 2.43. The van der Waals surface area contributed by atoms with Gasteiger partial charge >= 0.3 is 0 Å². The molecule has 0 aliphatic heterocycles. The van der Waals surface area contributed by atoms with Crippen molar-refractivity contribution < 1.29 is 0 Å². The summed E-state index contributed by atoms with van der Waals surface area (Å²) in [5.41, 5.74) is 0. The summed E-state index contributed by atoms with van der Waals surface area (Å²) in [6, 6.07) is 1.48. The number of nitrogens with zero attached hydrogens (tertiary/aromatic N) is 1. The highest BCUT2D eigenvalue weighted by Gasteiger charge is 2.30. The van der Waals surface area contributed by atoms with Gasteiger partial charge in [0.15, 0.2) is 0 Å². The molecule has 2 atom stereocenters. The van der Waals surface area contributed by atoms with Gasteiger partial charge in [-0.05, 0) is 46.1 Å². The molecule has 0 spiro atoms. The van der Waals surface area contributed by atoms with Gasteiger partial charge in [-0.3, -0.25) is 0 Å². The van der Waals surface area contributed by atoms with Crippen LogP contribution in [0.1, 0.15) is 39.5 Å². The Labute approximate surface area is 82.8 Å². The third-order valence-electron chi connectivity index (χ3n) is 3.43. The van der Waals surface area contributed by atoms with Gasteiger partial charge in [0, 0.05) is 12.1 Å². The molecule has 0 saturated heterocycles. The molecule has 1 aliphatic rings. The van der Waals surface area contributed by atoms with Crippen molar-refractivity contribution in [1.29, 1.82) is 0 Å². The predicted molar refractivity (Wildman–Crippen MR) is 58.8 cm³/mol. The van der Waals surface area contributed by atoms with Crippen LogP contribution in [0.3, 0.4) is 0 Å². The summed E-state index contributed by atoms with van der Waals surface area (Å²) in [6.07, 6.45) is 7.46. The molecule has 0 radical (unpaired) electrons. The second-order valence-electron chi connectivity index (χ2n) is 4.54. The fourth-order valence-corrected chi connectivity index (χ4v) is 2.43. The largest absolute Gasteiger partial charge is 0.301 e. The summed E-state index contributed by atoms with van der Waals surface area (Å²) >= 11 is 0. The molecule has 0 aromatic rings. The second-order valence-corrected chi connectivity index (χ2v) is 4.54. The van der Waals surface area contributed by atoms with E-state index >= 15 is 0 Å². The molecule has 1 aliphatic carbocycles. The van der Waals surface area contributed by atoms with Crippen LogP contribution in [0.2, 0.25) is 0 Å². The molecule has 0 aromatic heterocycles. The van der Waals surface area contributed by atoms with Crippen LogP contribution in [0, 0.1) is 5.92 Å². The van der Waals surface area contributed by atoms with Gasteiger partial charge in [-0.1, -0.05) is 12.5 Å². The molecule has 0 amide bonds. The Morgan fingerprint density at radius 1 is 1.46 bits per heavy atom. The van der Waals surface area contributed by atoms with Crippen molar-refractivity contribution in [3.8, 4) is 0 Å². The monoisotopic (exact) mass is 181 g/mol. The van der Waals surface area contributed by atoms with E-state index in [1.165, 1.54) is 25.7 Å². The van der Waals surface area contributed by atoms with Crippen LogP contribution in [0.25, 0.3) is 0 Å². The topological polar surface area (TPSA) is 3.24 Å². The van der Waals surface area contributed by atoms with Gasteiger partial charge in [0.1, 0.15) is 0 Å². The highest BCUT2D eigenvalue weighted by molar-refractivity contribution is 4.89. The van der Waals surface area contributed by atoms with Gasteiger partial charge in [-0.15, -0.1) is 6.58 Å². The molecule has 2 unspecified atom stereocenters. The molecule has 13 heavy (non-hydrogen) atoms. The SMILES string of the molecule is C=CCC1CCCC1N(C)C(C)C. The van der Waals surface area contributed by atoms with Crippen molar-refractivity contribution >= 4 is 0 Å². The molecule has 0 N–H and O–H groups in total. The Kier molecular flexibility index (Phi) is 3.98. The number of hydrogen-bond acceptors (Lipinski definition) is 1. The molecular formula is C12H23N. The quantitative estimate of drug-likeness (QED) is 0.602. The second kappa shape index (κ2) is 4.80. The summed E-state index contributed by atoms with van der Waals surface area (Å²) in [5.74, 6) is 0.866. The zero-order valence-corrected chi connectivity index (χ0v) is 9.29. The molecule has 0 bridgehead atoms. The van der Waals surface area contributed by atoms with E-state index in [2.05, 4.69) is 38.5 Å². The van der Waals surface area contributed by atoms with Crippen molar-refractivity contribution in [3.63, 3.8) is 0 Å². The van der Waals surface area contributed by atoms with Crippen molar-refractivity contribution in [2.24, 2.45) is 5.92 Å². The molecule has 0 aromatic carbocycles. The average Bonchev–Trinajstić information content (AvgIpc) is 2.52. The lowest BCUT2D eigenvalue weighted by Gasteiger charge is -2.32. The highest BCUT2D eigenvalue weighted by atomic mass is 15.2. The standard InChI is InChI=1S/C12H23N/c1-5-7-11-8-6-9-12(11)13(4)10(2)3/h5,10-12H,1,6-9H2,2-4H3. The maximum Gasteiger partial charge on any atom is 0.0126 e. The first-order valence-corrected chi connectivity index (χ1v) is 5.49. The van der Waals surface area contributed by atoms with Crippen LogP contribution in [-0.2, 0) is 0 Å². The van der Waals surface area contributed by atoms with Crippen molar-refractivity contribution in [2.75, 3.05) is 7.05 Å². The molecule has 1 saturated carbocycles. The van der Waals surface area contributed by atoms with Crippen LogP contribution in [0.4, 0.5) is 0 Å². The first kappa shape index (κ1) is 10.8. The molecule has 0 heterocycles. The van der Waals surface area contributed by atoms with Gasteiger partial charge in [0.25, 0.3) is 0 Å². The van der Waals surface area contributed by atoms with E-state index in [0.717, 1.165) is 12.0 Å².